The van der Waals surface area contributed by atoms with Crippen LogP contribution in [0.1, 0.15) is 12.5 Å². The number of carbonyl (C=O) groups excluding carboxylic acids is 2. The molecule has 1 heterocycles. The van der Waals surface area contributed by atoms with E-state index in [1.807, 2.05) is 6.92 Å². The first kappa shape index (κ1) is 21.7. The number of benzene rings is 2. The predicted molar refractivity (Wildman–Crippen MR) is 115 cm³/mol. The highest BCUT2D eigenvalue weighted by Gasteiger charge is 2.39. The van der Waals surface area contributed by atoms with E-state index in [1.54, 1.807) is 42.5 Å². The minimum atomic E-state index is -0.423. The molecule has 1 aliphatic heterocycles. The maximum atomic E-state index is 13.1. The maximum absolute atomic E-state index is 13.1. The second-order valence-electron chi connectivity index (χ2n) is 6.44. The number of nitrogens with one attached hydrogen (secondary N) is 1. The Morgan fingerprint density at radius 1 is 1.03 bits per heavy atom. The average molecular weight is 431 g/mol. The third-order valence-electron chi connectivity index (χ3n) is 4.56. The summed E-state index contributed by atoms with van der Waals surface area (Å²) in [6.45, 7) is 2.83. The fourth-order valence-electron chi connectivity index (χ4n) is 3.12. The topological polar surface area (TPSA) is 77.1 Å². The fourth-order valence-corrected chi connectivity index (χ4v) is 3.38. The molecule has 2 aromatic carbocycles. The molecule has 0 radical (unpaired) electrons. The van der Waals surface area contributed by atoms with Crippen molar-refractivity contribution in [2.45, 2.75) is 6.92 Å². The summed E-state index contributed by atoms with van der Waals surface area (Å²) in [7, 11) is 3.04. The summed E-state index contributed by atoms with van der Waals surface area (Å²) in [5.41, 5.74) is 1.64. The van der Waals surface area contributed by atoms with Crippen LogP contribution in [0.3, 0.4) is 0 Å². The third kappa shape index (κ3) is 4.42. The Hall–Kier alpha value is -3.03. The van der Waals surface area contributed by atoms with Crippen LogP contribution in [0.15, 0.2) is 48.2 Å². The number of anilines is 1. The second-order valence-corrected chi connectivity index (χ2v) is 6.84. The van der Waals surface area contributed by atoms with Crippen LogP contribution in [0, 0.1) is 0 Å². The Morgan fingerprint density at radius 2 is 1.77 bits per heavy atom. The van der Waals surface area contributed by atoms with Gasteiger partial charge in [-0.15, -0.1) is 0 Å². The first-order chi connectivity index (χ1) is 14.5. The number of halogens is 1. The summed E-state index contributed by atoms with van der Waals surface area (Å²) in [6, 6.07) is 12.1. The van der Waals surface area contributed by atoms with Gasteiger partial charge in [0.1, 0.15) is 17.2 Å². The van der Waals surface area contributed by atoms with E-state index < -0.39 is 5.91 Å². The van der Waals surface area contributed by atoms with Gasteiger partial charge < -0.3 is 19.5 Å². The number of ether oxygens (including phenoxy) is 3. The molecular weight excluding hydrogens is 408 g/mol. The molecule has 0 spiro atoms. The van der Waals surface area contributed by atoms with Crippen molar-refractivity contribution < 1.29 is 23.8 Å². The van der Waals surface area contributed by atoms with E-state index >= 15 is 0 Å². The van der Waals surface area contributed by atoms with Crippen LogP contribution in [0.2, 0.25) is 5.02 Å². The molecule has 0 saturated heterocycles. The molecule has 7 nitrogen and oxygen atoms in total. The van der Waals surface area contributed by atoms with E-state index in [4.69, 9.17) is 25.8 Å². The lowest BCUT2D eigenvalue weighted by Gasteiger charge is -2.14. The zero-order valence-electron chi connectivity index (χ0n) is 17.0. The Morgan fingerprint density at radius 3 is 2.37 bits per heavy atom. The van der Waals surface area contributed by atoms with Gasteiger partial charge in [0.2, 0.25) is 0 Å². The lowest BCUT2D eigenvalue weighted by atomic mass is 10.0. The van der Waals surface area contributed by atoms with Gasteiger partial charge in [0, 0.05) is 12.8 Å². The summed E-state index contributed by atoms with van der Waals surface area (Å²) in [5, 5.41) is 3.45. The molecule has 8 heteroatoms. The first-order valence-corrected chi connectivity index (χ1v) is 9.81. The van der Waals surface area contributed by atoms with Crippen LogP contribution in [0.25, 0.3) is 5.57 Å². The molecule has 2 amide bonds. The molecule has 0 atom stereocenters. The van der Waals surface area contributed by atoms with Crippen LogP contribution in [-0.4, -0.2) is 50.7 Å². The monoisotopic (exact) mass is 430 g/mol. The van der Waals surface area contributed by atoms with E-state index in [2.05, 4.69) is 5.32 Å². The van der Waals surface area contributed by atoms with Gasteiger partial charge in [0.25, 0.3) is 11.8 Å². The lowest BCUT2D eigenvalue weighted by molar-refractivity contribution is -0.137. The number of nitrogens with zero attached hydrogens (tertiary/aromatic N) is 1. The van der Waals surface area contributed by atoms with E-state index in [0.717, 1.165) is 0 Å². The molecule has 30 heavy (non-hydrogen) atoms. The number of methoxy groups -OCH3 is 2. The Bertz CT molecular complexity index is 972. The minimum absolute atomic E-state index is 0.156. The van der Waals surface area contributed by atoms with Gasteiger partial charge in [-0.2, -0.15) is 0 Å². The Balaban J connectivity index is 2.00. The number of hydrogen-bond acceptors (Lipinski definition) is 6. The number of amides is 2. The molecule has 0 aliphatic carbocycles. The molecule has 3 rings (SSSR count). The van der Waals surface area contributed by atoms with Crippen LogP contribution in [0.5, 0.6) is 11.5 Å². The quantitative estimate of drug-likeness (QED) is 0.613. The SMILES string of the molecule is CCOc1ccc(C2=C(Nc3ccc(OC)c(Cl)c3)C(=O)N(CCOC)C2=O)cc1. The summed E-state index contributed by atoms with van der Waals surface area (Å²) in [6.07, 6.45) is 0. The van der Waals surface area contributed by atoms with Crippen molar-refractivity contribution in [2.75, 3.05) is 39.3 Å². The Kier molecular flexibility index (Phi) is 6.97. The normalized spacial score (nSPS) is 13.8. The largest absolute Gasteiger partial charge is 0.495 e. The highest BCUT2D eigenvalue weighted by Crippen LogP contribution is 2.33. The molecule has 0 aromatic heterocycles. The fraction of sp³-hybridized carbons (Fsp3) is 0.273. The second kappa shape index (κ2) is 9.65. The van der Waals surface area contributed by atoms with Gasteiger partial charge in [-0.3, -0.25) is 14.5 Å². The molecule has 2 aromatic rings. The van der Waals surface area contributed by atoms with Crippen LogP contribution in [0.4, 0.5) is 5.69 Å². The lowest BCUT2D eigenvalue weighted by Crippen LogP contribution is -2.35. The minimum Gasteiger partial charge on any atom is -0.495 e. The van der Waals surface area contributed by atoms with Crippen molar-refractivity contribution in [3.63, 3.8) is 0 Å². The Labute approximate surface area is 180 Å². The van der Waals surface area contributed by atoms with Gasteiger partial charge in [0.15, 0.2) is 0 Å². The van der Waals surface area contributed by atoms with Crippen LogP contribution in [-0.2, 0) is 14.3 Å². The molecular formula is C22H23ClN2O5. The van der Waals surface area contributed by atoms with Gasteiger partial charge in [-0.05, 0) is 42.8 Å². The van der Waals surface area contributed by atoms with Crippen molar-refractivity contribution >= 4 is 34.7 Å². The van der Waals surface area contributed by atoms with Crippen molar-refractivity contribution in [3.05, 3.63) is 58.7 Å². The number of hydrogen-bond donors (Lipinski definition) is 1. The molecule has 0 fully saturated rings. The van der Waals surface area contributed by atoms with E-state index in [9.17, 15) is 9.59 Å². The van der Waals surface area contributed by atoms with Gasteiger partial charge in [0.05, 0.1) is 37.5 Å². The van der Waals surface area contributed by atoms with E-state index in [-0.39, 0.29) is 30.3 Å². The van der Waals surface area contributed by atoms with Crippen molar-refractivity contribution in [1.29, 1.82) is 0 Å². The van der Waals surface area contributed by atoms with Crippen molar-refractivity contribution in [3.8, 4) is 11.5 Å². The smallest absolute Gasteiger partial charge is 0.278 e. The number of carbonyl (C=O) groups is 2. The summed E-state index contributed by atoms with van der Waals surface area (Å²) in [5.74, 6) is 0.390. The molecule has 158 valence electrons. The maximum Gasteiger partial charge on any atom is 0.278 e. The standard InChI is InChI=1S/C22H23ClN2O5/c1-4-30-16-8-5-14(6-9-16)19-20(22(27)25(21(19)26)11-12-28-2)24-15-7-10-18(29-3)17(23)13-15/h5-10,13,24H,4,11-12H2,1-3H3. The van der Waals surface area contributed by atoms with Crippen molar-refractivity contribution in [1.82, 2.24) is 4.90 Å². The third-order valence-corrected chi connectivity index (χ3v) is 4.86. The van der Waals surface area contributed by atoms with E-state index in [1.165, 1.54) is 19.1 Å². The molecule has 0 saturated carbocycles. The van der Waals surface area contributed by atoms with Crippen LogP contribution >= 0.6 is 11.6 Å². The summed E-state index contributed by atoms with van der Waals surface area (Å²) in [4.78, 5) is 27.3. The highest BCUT2D eigenvalue weighted by molar-refractivity contribution is 6.36. The van der Waals surface area contributed by atoms with Gasteiger partial charge in [-0.25, -0.2) is 0 Å². The predicted octanol–water partition coefficient (Wildman–Crippen LogP) is 3.59. The van der Waals surface area contributed by atoms with Crippen LogP contribution < -0.4 is 14.8 Å². The highest BCUT2D eigenvalue weighted by atomic mass is 35.5. The molecule has 0 bridgehead atoms. The number of rotatable bonds is 9. The zero-order chi connectivity index (χ0) is 21.7. The average Bonchev–Trinajstić information content (AvgIpc) is 2.97. The summed E-state index contributed by atoms with van der Waals surface area (Å²) >= 11 is 6.20. The molecule has 1 aliphatic rings. The zero-order valence-corrected chi connectivity index (χ0v) is 17.8. The van der Waals surface area contributed by atoms with Gasteiger partial charge >= 0.3 is 0 Å². The molecule has 0 unspecified atom stereocenters. The van der Waals surface area contributed by atoms with Gasteiger partial charge in [-0.1, -0.05) is 23.7 Å². The number of imide groups is 1. The first-order valence-electron chi connectivity index (χ1n) is 9.43. The molecule has 1 N–H and O–H groups in total. The summed E-state index contributed by atoms with van der Waals surface area (Å²) < 4.78 is 15.7. The van der Waals surface area contributed by atoms with Crippen molar-refractivity contribution in [2.24, 2.45) is 0 Å². The van der Waals surface area contributed by atoms with E-state index in [0.29, 0.717) is 34.4 Å².